The normalized spacial score (nSPS) is 20.7. The molecule has 1 atom stereocenters. The zero-order valence-corrected chi connectivity index (χ0v) is 7.81. The summed E-state index contributed by atoms with van der Waals surface area (Å²) < 4.78 is 5.77. The van der Waals surface area contributed by atoms with Crippen molar-refractivity contribution < 1.29 is 4.42 Å². The Labute approximate surface area is 82.3 Å². The molecule has 0 bridgehead atoms. The van der Waals surface area contributed by atoms with Gasteiger partial charge in [0.25, 0.3) is 0 Å². The molecule has 0 saturated carbocycles. The minimum atomic E-state index is 0.461. The highest BCUT2D eigenvalue weighted by Gasteiger charge is 2.17. The monoisotopic (exact) mass is 185 g/mol. The summed E-state index contributed by atoms with van der Waals surface area (Å²) in [4.78, 5) is 4.23. The van der Waals surface area contributed by atoms with Gasteiger partial charge in [-0.05, 0) is 24.8 Å². The Balaban J connectivity index is 2.05. The first-order valence-electron chi connectivity index (χ1n) is 4.90. The number of aliphatic imine (C=N–C) groups is 1. The predicted molar refractivity (Wildman–Crippen MR) is 56.9 cm³/mol. The Hall–Kier alpha value is -1.57. The molecule has 1 aliphatic rings. The van der Waals surface area contributed by atoms with Gasteiger partial charge in [-0.1, -0.05) is 18.2 Å². The van der Waals surface area contributed by atoms with Crippen molar-refractivity contribution in [3.8, 4) is 0 Å². The van der Waals surface area contributed by atoms with Crippen molar-refractivity contribution in [2.75, 3.05) is 6.54 Å². The number of nitrogens with zero attached hydrogens (tertiary/aromatic N) is 1. The van der Waals surface area contributed by atoms with E-state index in [2.05, 4.69) is 17.1 Å². The van der Waals surface area contributed by atoms with Crippen LogP contribution >= 0.6 is 0 Å². The maximum absolute atomic E-state index is 5.77. The van der Waals surface area contributed by atoms with Crippen molar-refractivity contribution in [2.45, 2.75) is 12.3 Å². The molecule has 0 aliphatic carbocycles. The van der Waals surface area contributed by atoms with Crippen LogP contribution in [0.1, 0.15) is 18.1 Å². The smallest absolute Gasteiger partial charge is 0.134 e. The molecule has 0 saturated heterocycles. The lowest BCUT2D eigenvalue weighted by atomic mass is 10.1. The third-order valence-electron chi connectivity index (χ3n) is 2.69. The van der Waals surface area contributed by atoms with Crippen LogP contribution in [0.2, 0.25) is 0 Å². The molecule has 1 aromatic heterocycles. The fraction of sp³-hybridized carbons (Fsp3) is 0.250. The Morgan fingerprint density at radius 1 is 1.29 bits per heavy atom. The van der Waals surface area contributed by atoms with Crippen LogP contribution in [0.5, 0.6) is 0 Å². The molecule has 1 aliphatic heterocycles. The Morgan fingerprint density at radius 2 is 2.21 bits per heavy atom. The predicted octanol–water partition coefficient (Wildman–Crippen LogP) is 2.99. The molecule has 1 unspecified atom stereocenters. The fourth-order valence-electron chi connectivity index (χ4n) is 1.89. The maximum atomic E-state index is 5.77. The summed E-state index contributed by atoms with van der Waals surface area (Å²) in [6, 6.07) is 10.3. The molecule has 0 radical (unpaired) electrons. The molecule has 2 aromatic rings. The summed E-state index contributed by atoms with van der Waals surface area (Å²) in [6.07, 6.45) is 3.00. The third kappa shape index (κ3) is 1.15. The standard InChI is InChI=1S/C12H11NO/c1-2-4-11-9(3-1)7-12(14-11)10-5-6-13-8-10/h1-4,6-7,10H,5,8H2. The van der Waals surface area contributed by atoms with E-state index in [4.69, 9.17) is 4.42 Å². The van der Waals surface area contributed by atoms with Gasteiger partial charge in [-0.15, -0.1) is 0 Å². The van der Waals surface area contributed by atoms with E-state index in [-0.39, 0.29) is 0 Å². The second kappa shape index (κ2) is 2.98. The van der Waals surface area contributed by atoms with Crippen molar-refractivity contribution in [1.82, 2.24) is 0 Å². The SMILES string of the molecule is C1=NCC(c2cc3ccccc3o2)C1. The van der Waals surface area contributed by atoms with E-state index in [1.54, 1.807) is 0 Å². The van der Waals surface area contributed by atoms with Crippen LogP contribution in [0.3, 0.4) is 0 Å². The first-order valence-corrected chi connectivity index (χ1v) is 4.90. The topological polar surface area (TPSA) is 25.5 Å². The summed E-state index contributed by atoms with van der Waals surface area (Å²) in [6.45, 7) is 0.875. The van der Waals surface area contributed by atoms with Crippen molar-refractivity contribution in [3.05, 3.63) is 36.1 Å². The first kappa shape index (κ1) is 7.80. The first-order chi connectivity index (χ1) is 6.93. The molecule has 0 fully saturated rings. The van der Waals surface area contributed by atoms with Gasteiger partial charge in [0.15, 0.2) is 0 Å². The third-order valence-corrected chi connectivity index (χ3v) is 2.69. The van der Waals surface area contributed by atoms with Crippen LogP contribution in [-0.4, -0.2) is 12.8 Å². The molecule has 2 heteroatoms. The minimum Gasteiger partial charge on any atom is -0.461 e. The summed E-state index contributed by atoms with van der Waals surface area (Å²) in [5, 5.41) is 1.19. The van der Waals surface area contributed by atoms with Crippen molar-refractivity contribution in [2.24, 2.45) is 4.99 Å². The quantitative estimate of drug-likeness (QED) is 0.670. The molecule has 0 N–H and O–H groups in total. The van der Waals surface area contributed by atoms with E-state index >= 15 is 0 Å². The van der Waals surface area contributed by atoms with Crippen LogP contribution < -0.4 is 0 Å². The average molecular weight is 185 g/mol. The highest BCUT2D eigenvalue weighted by atomic mass is 16.3. The minimum absolute atomic E-state index is 0.461. The van der Waals surface area contributed by atoms with Gasteiger partial charge in [0.05, 0.1) is 0 Å². The van der Waals surface area contributed by atoms with Gasteiger partial charge in [-0.25, -0.2) is 0 Å². The van der Waals surface area contributed by atoms with Crippen LogP contribution in [-0.2, 0) is 0 Å². The summed E-state index contributed by atoms with van der Waals surface area (Å²) in [7, 11) is 0. The van der Waals surface area contributed by atoms with Crippen molar-refractivity contribution in [1.29, 1.82) is 0 Å². The number of para-hydroxylation sites is 1. The van der Waals surface area contributed by atoms with Crippen LogP contribution in [0, 0.1) is 0 Å². The van der Waals surface area contributed by atoms with E-state index < -0.39 is 0 Å². The molecule has 2 nitrogen and oxygen atoms in total. The largest absolute Gasteiger partial charge is 0.461 e. The lowest BCUT2D eigenvalue weighted by Crippen LogP contribution is -1.94. The molecule has 0 spiro atoms. The van der Waals surface area contributed by atoms with Gasteiger partial charge < -0.3 is 4.42 Å². The molecular formula is C12H11NO. The molecule has 1 aromatic carbocycles. The van der Waals surface area contributed by atoms with E-state index in [1.165, 1.54) is 5.39 Å². The van der Waals surface area contributed by atoms with Crippen molar-refractivity contribution in [3.63, 3.8) is 0 Å². The molecule has 2 heterocycles. The van der Waals surface area contributed by atoms with Crippen LogP contribution in [0.25, 0.3) is 11.0 Å². The molecule has 70 valence electrons. The van der Waals surface area contributed by atoms with Gasteiger partial charge in [-0.3, -0.25) is 4.99 Å². The lowest BCUT2D eigenvalue weighted by Gasteiger charge is -2.01. The Bertz CT molecular complexity index is 443. The van der Waals surface area contributed by atoms with E-state index in [9.17, 15) is 0 Å². The maximum Gasteiger partial charge on any atom is 0.134 e. The van der Waals surface area contributed by atoms with E-state index in [0.29, 0.717) is 5.92 Å². The Kier molecular flexibility index (Phi) is 1.66. The highest BCUT2D eigenvalue weighted by molar-refractivity contribution is 5.78. The van der Waals surface area contributed by atoms with Gasteiger partial charge in [0, 0.05) is 17.8 Å². The lowest BCUT2D eigenvalue weighted by molar-refractivity contribution is 0.509. The van der Waals surface area contributed by atoms with Crippen LogP contribution in [0.4, 0.5) is 0 Å². The van der Waals surface area contributed by atoms with Gasteiger partial charge in [0.1, 0.15) is 11.3 Å². The van der Waals surface area contributed by atoms with Crippen molar-refractivity contribution >= 4 is 17.2 Å². The number of hydrogen-bond donors (Lipinski definition) is 0. The highest BCUT2D eigenvalue weighted by Crippen LogP contribution is 2.28. The fourth-order valence-corrected chi connectivity index (χ4v) is 1.89. The summed E-state index contributed by atoms with van der Waals surface area (Å²) in [5.41, 5.74) is 0.981. The second-order valence-electron chi connectivity index (χ2n) is 3.67. The second-order valence-corrected chi connectivity index (χ2v) is 3.67. The molecule has 3 rings (SSSR count). The van der Waals surface area contributed by atoms with Crippen LogP contribution in [0.15, 0.2) is 39.7 Å². The zero-order chi connectivity index (χ0) is 9.38. The van der Waals surface area contributed by atoms with Gasteiger partial charge in [-0.2, -0.15) is 0 Å². The molecular weight excluding hydrogens is 174 g/mol. The average Bonchev–Trinajstić information content (AvgIpc) is 2.86. The number of rotatable bonds is 1. The molecule has 0 amide bonds. The number of furan rings is 1. The zero-order valence-electron chi connectivity index (χ0n) is 7.81. The van der Waals surface area contributed by atoms with Gasteiger partial charge in [0.2, 0.25) is 0 Å². The van der Waals surface area contributed by atoms with Gasteiger partial charge >= 0.3 is 0 Å². The summed E-state index contributed by atoms with van der Waals surface area (Å²) >= 11 is 0. The molecule has 14 heavy (non-hydrogen) atoms. The number of hydrogen-bond acceptors (Lipinski definition) is 2. The van der Waals surface area contributed by atoms with E-state index in [0.717, 1.165) is 24.3 Å². The number of fused-ring (bicyclic) bond motifs is 1. The van der Waals surface area contributed by atoms with E-state index in [1.807, 2.05) is 24.4 Å². The summed E-state index contributed by atoms with van der Waals surface area (Å²) in [5.74, 6) is 1.53. The Morgan fingerprint density at radius 3 is 3.00 bits per heavy atom. The number of benzene rings is 1.